The zero-order valence-electron chi connectivity index (χ0n) is 21.8. The van der Waals surface area contributed by atoms with Gasteiger partial charge in [0, 0.05) is 25.4 Å². The number of carbonyl (C=O) groups is 5. The summed E-state index contributed by atoms with van der Waals surface area (Å²) in [6.45, 7) is 9.12. The lowest BCUT2D eigenvalue weighted by Crippen LogP contribution is -2.57. The van der Waals surface area contributed by atoms with Crippen LogP contribution in [0.2, 0.25) is 0 Å². The monoisotopic (exact) mass is 502 g/mol. The number of carbonyl (C=O) groups excluding carboxylic acids is 5. The van der Waals surface area contributed by atoms with Gasteiger partial charge in [-0.3, -0.25) is 24.2 Å². The molecular weight excluding hydrogens is 464 g/mol. The lowest BCUT2D eigenvalue weighted by molar-refractivity contribution is -0.155. The largest absolute Gasteiger partial charge is 0.460 e. The van der Waals surface area contributed by atoms with Gasteiger partial charge in [0.05, 0.1) is 6.61 Å². The average Bonchev–Trinajstić information content (AvgIpc) is 3.34. The van der Waals surface area contributed by atoms with E-state index in [1.54, 1.807) is 39.2 Å². The van der Waals surface area contributed by atoms with Crippen molar-refractivity contribution in [3.63, 3.8) is 0 Å². The van der Waals surface area contributed by atoms with Crippen molar-refractivity contribution in [3.05, 3.63) is 30.1 Å². The van der Waals surface area contributed by atoms with E-state index in [2.05, 4.69) is 15.6 Å². The second-order valence-electron chi connectivity index (χ2n) is 9.66. The number of hydrogen-bond acceptors (Lipinski definition) is 7. The van der Waals surface area contributed by atoms with E-state index >= 15 is 0 Å². The zero-order valence-corrected chi connectivity index (χ0v) is 21.8. The van der Waals surface area contributed by atoms with Gasteiger partial charge in [0.25, 0.3) is 5.78 Å². The number of nitrogens with zero attached hydrogens (tertiary/aromatic N) is 2. The summed E-state index contributed by atoms with van der Waals surface area (Å²) in [5.41, 5.74) is 0.924. The van der Waals surface area contributed by atoms with E-state index in [1.807, 2.05) is 19.9 Å². The van der Waals surface area contributed by atoms with E-state index in [0.29, 0.717) is 25.8 Å². The maximum atomic E-state index is 13.4. The van der Waals surface area contributed by atoms with Crippen LogP contribution < -0.4 is 10.6 Å². The van der Waals surface area contributed by atoms with Gasteiger partial charge in [-0.25, -0.2) is 4.79 Å². The van der Waals surface area contributed by atoms with Gasteiger partial charge < -0.3 is 20.3 Å². The van der Waals surface area contributed by atoms with Crippen molar-refractivity contribution in [2.75, 3.05) is 13.2 Å². The number of rotatable bonds is 12. The molecule has 36 heavy (non-hydrogen) atoms. The quantitative estimate of drug-likeness (QED) is 0.326. The third-order valence-electron chi connectivity index (χ3n) is 6.17. The van der Waals surface area contributed by atoms with Crippen molar-refractivity contribution in [1.29, 1.82) is 0 Å². The van der Waals surface area contributed by atoms with E-state index in [4.69, 9.17) is 4.74 Å². The lowest BCUT2D eigenvalue weighted by Gasteiger charge is -2.31. The van der Waals surface area contributed by atoms with Gasteiger partial charge in [0.2, 0.25) is 17.7 Å². The molecule has 0 spiro atoms. The number of amides is 3. The highest BCUT2D eigenvalue weighted by Crippen LogP contribution is 2.21. The Labute approximate surface area is 212 Å². The van der Waals surface area contributed by atoms with Gasteiger partial charge in [-0.15, -0.1) is 0 Å². The summed E-state index contributed by atoms with van der Waals surface area (Å²) in [5.74, 6) is -3.46. The van der Waals surface area contributed by atoms with Crippen LogP contribution in [0.5, 0.6) is 0 Å². The summed E-state index contributed by atoms with van der Waals surface area (Å²) in [6, 6.07) is 1.05. The van der Waals surface area contributed by atoms with Crippen LogP contribution in [0.1, 0.15) is 59.4 Å². The lowest BCUT2D eigenvalue weighted by atomic mass is 9.98. The number of pyridine rings is 1. The van der Waals surface area contributed by atoms with Crippen molar-refractivity contribution >= 4 is 29.5 Å². The molecule has 10 nitrogen and oxygen atoms in total. The first-order valence-electron chi connectivity index (χ1n) is 12.6. The molecule has 1 aromatic rings. The Bertz CT molecular complexity index is 934. The van der Waals surface area contributed by atoms with Gasteiger partial charge in [0.15, 0.2) is 0 Å². The number of aromatic nitrogens is 1. The molecule has 1 unspecified atom stereocenters. The van der Waals surface area contributed by atoms with Crippen LogP contribution in [0.25, 0.3) is 0 Å². The minimum absolute atomic E-state index is 0.0544. The molecule has 10 heteroatoms. The average molecular weight is 503 g/mol. The molecule has 0 radical (unpaired) electrons. The molecule has 198 valence electrons. The molecule has 0 bridgehead atoms. The summed E-state index contributed by atoms with van der Waals surface area (Å²) in [4.78, 5) is 69.1. The molecule has 1 aliphatic rings. The van der Waals surface area contributed by atoms with Gasteiger partial charge in [-0.05, 0) is 49.7 Å². The zero-order chi connectivity index (χ0) is 26.8. The van der Waals surface area contributed by atoms with Gasteiger partial charge in [0.1, 0.15) is 18.1 Å². The second-order valence-corrected chi connectivity index (χ2v) is 9.66. The fourth-order valence-corrected chi connectivity index (χ4v) is 4.16. The molecule has 3 atom stereocenters. The SMILES string of the molecule is CCOC(=O)C(=O)C(NC(=O)[C@@H]1CCCN1C(=O)[C@@H](NC(=O)CCc1cccnc1)C(C)C)C(C)C. The minimum atomic E-state index is -1.05. The first-order chi connectivity index (χ1) is 17.1. The predicted octanol–water partition coefficient (Wildman–Crippen LogP) is 1.42. The van der Waals surface area contributed by atoms with Crippen LogP contribution in [0.3, 0.4) is 0 Å². The Morgan fingerprint density at radius 3 is 2.36 bits per heavy atom. The fraction of sp³-hybridized carbons (Fsp3) is 0.615. The van der Waals surface area contributed by atoms with Crippen LogP contribution in [0.15, 0.2) is 24.5 Å². The smallest absolute Gasteiger partial charge is 0.376 e. The maximum Gasteiger partial charge on any atom is 0.376 e. The van der Waals surface area contributed by atoms with Crippen LogP contribution in [0.4, 0.5) is 0 Å². The molecule has 0 aromatic carbocycles. The number of ketones is 1. The number of Topliss-reactive ketones (excluding diaryl/α,β-unsaturated/α-hetero) is 1. The van der Waals surface area contributed by atoms with Crippen LogP contribution >= 0.6 is 0 Å². The van der Waals surface area contributed by atoms with Crippen molar-refractivity contribution in [3.8, 4) is 0 Å². The number of aryl methyl sites for hydroxylation is 1. The first-order valence-corrected chi connectivity index (χ1v) is 12.6. The van der Waals surface area contributed by atoms with Crippen molar-refractivity contribution in [2.24, 2.45) is 11.8 Å². The van der Waals surface area contributed by atoms with E-state index in [0.717, 1.165) is 5.56 Å². The number of hydrogen-bond donors (Lipinski definition) is 2. The fourth-order valence-electron chi connectivity index (χ4n) is 4.16. The van der Waals surface area contributed by atoms with E-state index < -0.39 is 35.8 Å². The van der Waals surface area contributed by atoms with Crippen molar-refractivity contribution < 1.29 is 28.7 Å². The van der Waals surface area contributed by atoms with Crippen molar-refractivity contribution in [1.82, 2.24) is 20.5 Å². The van der Waals surface area contributed by atoms with Gasteiger partial charge in [-0.1, -0.05) is 33.8 Å². The second kappa shape index (κ2) is 13.7. The van der Waals surface area contributed by atoms with Crippen molar-refractivity contribution in [2.45, 2.75) is 78.4 Å². The third kappa shape index (κ3) is 7.86. The van der Waals surface area contributed by atoms with Gasteiger partial charge >= 0.3 is 5.97 Å². The molecule has 0 aliphatic carbocycles. The number of ether oxygens (including phenoxy) is 1. The topological polar surface area (TPSA) is 135 Å². The summed E-state index contributed by atoms with van der Waals surface area (Å²) < 4.78 is 4.80. The molecule has 1 aliphatic heterocycles. The Balaban J connectivity index is 2.06. The summed E-state index contributed by atoms with van der Waals surface area (Å²) in [5, 5.41) is 5.48. The molecule has 2 rings (SSSR count). The molecule has 2 heterocycles. The molecule has 3 amide bonds. The third-order valence-corrected chi connectivity index (χ3v) is 6.17. The highest BCUT2D eigenvalue weighted by Gasteiger charge is 2.40. The molecular formula is C26H38N4O6. The Hall–Kier alpha value is -3.30. The Morgan fingerprint density at radius 2 is 1.78 bits per heavy atom. The summed E-state index contributed by atoms with van der Waals surface area (Å²) in [7, 11) is 0. The number of nitrogens with one attached hydrogen (secondary N) is 2. The van der Waals surface area contributed by atoms with E-state index in [-0.39, 0.29) is 36.7 Å². The maximum absolute atomic E-state index is 13.4. The van der Waals surface area contributed by atoms with E-state index in [1.165, 1.54) is 4.90 Å². The molecule has 0 saturated carbocycles. The summed E-state index contributed by atoms with van der Waals surface area (Å²) in [6.07, 6.45) is 5.10. The Kier molecular flexibility index (Phi) is 11.0. The predicted molar refractivity (Wildman–Crippen MR) is 132 cm³/mol. The van der Waals surface area contributed by atoms with Gasteiger partial charge in [-0.2, -0.15) is 0 Å². The molecule has 1 aromatic heterocycles. The van der Waals surface area contributed by atoms with Crippen LogP contribution in [0, 0.1) is 11.8 Å². The molecule has 2 N–H and O–H groups in total. The number of likely N-dealkylation sites (tertiary alicyclic amines) is 1. The standard InChI is InChI=1S/C26H38N4O6/c1-6-36-26(35)23(32)21(16(2)3)29-24(33)19-10-8-14-30(19)25(34)22(17(4)5)28-20(31)12-11-18-9-7-13-27-15-18/h7,9,13,15-17,19,21-22H,6,8,10-12,14H2,1-5H3,(H,28,31)(H,29,33)/t19-,21?,22-/m0/s1. The minimum Gasteiger partial charge on any atom is -0.460 e. The summed E-state index contributed by atoms with van der Waals surface area (Å²) >= 11 is 0. The molecule has 1 saturated heterocycles. The van der Waals surface area contributed by atoms with Crippen LogP contribution in [-0.2, 0) is 35.1 Å². The Morgan fingerprint density at radius 1 is 1.08 bits per heavy atom. The number of esters is 1. The highest BCUT2D eigenvalue weighted by molar-refractivity contribution is 6.36. The first kappa shape index (κ1) is 28.9. The highest BCUT2D eigenvalue weighted by atomic mass is 16.5. The molecule has 1 fully saturated rings. The van der Waals surface area contributed by atoms with E-state index in [9.17, 15) is 24.0 Å². The normalized spacial score (nSPS) is 17.0. The van der Waals surface area contributed by atoms with Crippen LogP contribution in [-0.4, -0.2) is 70.6 Å².